The van der Waals surface area contributed by atoms with Crippen LogP contribution in [0.2, 0.25) is 5.02 Å². The molecule has 0 unspecified atom stereocenters. The second kappa shape index (κ2) is 7.18. The molecule has 4 rings (SSSR count). The van der Waals surface area contributed by atoms with Crippen LogP contribution in [0.25, 0.3) is 22.2 Å². The second-order valence-corrected chi connectivity index (χ2v) is 8.83. The van der Waals surface area contributed by atoms with E-state index in [2.05, 4.69) is 4.98 Å². The Balaban J connectivity index is 1.57. The number of oxazole rings is 1. The van der Waals surface area contributed by atoms with Gasteiger partial charge < -0.3 is 4.42 Å². The third-order valence-electron chi connectivity index (χ3n) is 4.25. The number of halogens is 1. The largest absolute Gasteiger partial charge is 0.444 e. The van der Waals surface area contributed by atoms with Crippen molar-refractivity contribution in [3.05, 3.63) is 89.3 Å². The highest BCUT2D eigenvalue weighted by molar-refractivity contribution is 7.89. The Morgan fingerprint density at radius 1 is 0.926 bits per heavy atom. The molecule has 4 nitrogen and oxygen atoms in total. The summed E-state index contributed by atoms with van der Waals surface area (Å²) in [5.41, 5.74) is 1.87. The van der Waals surface area contributed by atoms with Crippen LogP contribution in [0.4, 0.5) is 0 Å². The monoisotopic (exact) mass is 397 g/mol. The zero-order valence-electron chi connectivity index (χ0n) is 14.3. The molecule has 0 saturated carbocycles. The molecule has 0 spiro atoms. The Labute approximate surface area is 162 Å². The van der Waals surface area contributed by atoms with Crippen molar-refractivity contribution in [2.45, 2.75) is 11.5 Å². The van der Waals surface area contributed by atoms with Crippen LogP contribution in [0.15, 0.2) is 77.4 Å². The van der Waals surface area contributed by atoms with E-state index in [1.807, 2.05) is 48.5 Å². The van der Waals surface area contributed by atoms with Gasteiger partial charge in [0, 0.05) is 10.6 Å². The summed E-state index contributed by atoms with van der Waals surface area (Å²) in [5.74, 6) is 0.126. The molecule has 0 saturated heterocycles. The predicted octanol–water partition coefficient (Wildman–Crippen LogP) is 5.26. The number of nitrogens with zero attached hydrogens (tertiary/aromatic N) is 1. The summed E-state index contributed by atoms with van der Waals surface area (Å²) in [4.78, 5) is 4.31. The zero-order valence-corrected chi connectivity index (χ0v) is 15.9. The van der Waals surface area contributed by atoms with E-state index in [-0.39, 0.29) is 11.5 Å². The van der Waals surface area contributed by atoms with Crippen LogP contribution in [-0.2, 0) is 21.3 Å². The summed E-state index contributed by atoms with van der Waals surface area (Å²) in [6, 6.07) is 20.5. The molecule has 1 aromatic heterocycles. The SMILES string of the molecule is O=S(=O)(Cc1coc(-c2cccc(Cl)c2)n1)Cc1cccc2ccccc12. The van der Waals surface area contributed by atoms with Gasteiger partial charge in [0.05, 0.1) is 17.2 Å². The molecule has 0 atom stereocenters. The maximum atomic E-state index is 12.7. The molecular formula is C21H16ClNO3S. The van der Waals surface area contributed by atoms with Crippen molar-refractivity contribution in [1.29, 1.82) is 0 Å². The third kappa shape index (κ3) is 4.04. The maximum absolute atomic E-state index is 12.7. The van der Waals surface area contributed by atoms with Crippen LogP contribution >= 0.6 is 11.6 Å². The van der Waals surface area contributed by atoms with Gasteiger partial charge in [-0.3, -0.25) is 0 Å². The summed E-state index contributed by atoms with van der Waals surface area (Å²) in [7, 11) is -3.40. The lowest BCUT2D eigenvalue weighted by atomic mass is 10.1. The summed E-state index contributed by atoms with van der Waals surface area (Å²) in [6.07, 6.45) is 1.39. The molecule has 0 aliphatic heterocycles. The van der Waals surface area contributed by atoms with Crippen molar-refractivity contribution in [3.8, 4) is 11.5 Å². The smallest absolute Gasteiger partial charge is 0.226 e. The number of fused-ring (bicyclic) bond motifs is 1. The van der Waals surface area contributed by atoms with Gasteiger partial charge in [0.25, 0.3) is 0 Å². The van der Waals surface area contributed by atoms with Gasteiger partial charge in [-0.25, -0.2) is 13.4 Å². The number of rotatable bonds is 5. The van der Waals surface area contributed by atoms with Crippen molar-refractivity contribution in [1.82, 2.24) is 4.98 Å². The van der Waals surface area contributed by atoms with E-state index in [0.29, 0.717) is 22.2 Å². The fraction of sp³-hybridized carbons (Fsp3) is 0.0952. The van der Waals surface area contributed by atoms with Crippen LogP contribution in [-0.4, -0.2) is 13.4 Å². The first-order valence-electron chi connectivity index (χ1n) is 8.38. The van der Waals surface area contributed by atoms with Crippen molar-refractivity contribution in [2.24, 2.45) is 0 Å². The molecule has 0 aliphatic rings. The molecule has 3 aromatic carbocycles. The van der Waals surface area contributed by atoms with Crippen LogP contribution in [0.5, 0.6) is 0 Å². The minimum atomic E-state index is -3.40. The van der Waals surface area contributed by atoms with E-state index >= 15 is 0 Å². The molecule has 0 N–H and O–H groups in total. The summed E-state index contributed by atoms with van der Waals surface area (Å²) < 4.78 is 30.9. The lowest BCUT2D eigenvalue weighted by Crippen LogP contribution is -2.08. The van der Waals surface area contributed by atoms with Gasteiger partial charge in [-0.2, -0.15) is 0 Å². The van der Waals surface area contributed by atoms with Crippen molar-refractivity contribution in [2.75, 3.05) is 0 Å². The molecule has 0 aliphatic carbocycles. The van der Waals surface area contributed by atoms with Gasteiger partial charge in [-0.05, 0) is 34.5 Å². The van der Waals surface area contributed by atoms with Gasteiger partial charge in [0.15, 0.2) is 9.84 Å². The molecule has 0 bridgehead atoms. The third-order valence-corrected chi connectivity index (χ3v) is 5.97. The fourth-order valence-electron chi connectivity index (χ4n) is 3.06. The van der Waals surface area contributed by atoms with Gasteiger partial charge in [-0.1, -0.05) is 60.1 Å². The highest BCUT2D eigenvalue weighted by Crippen LogP contribution is 2.24. The quantitative estimate of drug-likeness (QED) is 0.460. The summed E-state index contributed by atoms with van der Waals surface area (Å²) in [5, 5.41) is 2.54. The van der Waals surface area contributed by atoms with Gasteiger partial charge >= 0.3 is 0 Å². The number of benzene rings is 3. The second-order valence-electron chi connectivity index (χ2n) is 6.32. The number of sulfone groups is 1. The van der Waals surface area contributed by atoms with Gasteiger partial charge in [0.2, 0.25) is 5.89 Å². The van der Waals surface area contributed by atoms with E-state index in [1.54, 1.807) is 18.2 Å². The van der Waals surface area contributed by atoms with Gasteiger partial charge in [-0.15, -0.1) is 0 Å². The minimum absolute atomic E-state index is 0.0479. The Morgan fingerprint density at radius 2 is 1.70 bits per heavy atom. The van der Waals surface area contributed by atoms with Crippen LogP contribution < -0.4 is 0 Å². The topological polar surface area (TPSA) is 60.2 Å². The molecular weight excluding hydrogens is 382 g/mol. The number of hydrogen-bond donors (Lipinski definition) is 0. The first-order chi connectivity index (χ1) is 13.0. The predicted molar refractivity (Wildman–Crippen MR) is 107 cm³/mol. The van der Waals surface area contributed by atoms with Crippen LogP contribution in [0.3, 0.4) is 0 Å². The minimum Gasteiger partial charge on any atom is -0.444 e. The maximum Gasteiger partial charge on any atom is 0.226 e. The molecule has 6 heteroatoms. The molecule has 0 amide bonds. The molecule has 27 heavy (non-hydrogen) atoms. The van der Waals surface area contributed by atoms with E-state index < -0.39 is 9.84 Å². The summed E-state index contributed by atoms with van der Waals surface area (Å²) in [6.45, 7) is 0. The molecule has 0 fully saturated rings. The Morgan fingerprint density at radius 3 is 2.56 bits per heavy atom. The molecule has 0 radical (unpaired) electrons. The lowest BCUT2D eigenvalue weighted by molar-refractivity contribution is 0.571. The van der Waals surface area contributed by atoms with Crippen molar-refractivity contribution >= 4 is 32.2 Å². The molecule has 4 aromatic rings. The first kappa shape index (κ1) is 17.8. The first-order valence-corrected chi connectivity index (χ1v) is 10.6. The van der Waals surface area contributed by atoms with Gasteiger partial charge in [0.1, 0.15) is 6.26 Å². The fourth-order valence-corrected chi connectivity index (χ4v) is 4.66. The van der Waals surface area contributed by atoms with Crippen LogP contribution in [0.1, 0.15) is 11.3 Å². The van der Waals surface area contributed by atoms with Crippen LogP contribution in [0, 0.1) is 0 Å². The highest BCUT2D eigenvalue weighted by Gasteiger charge is 2.18. The Hall–Kier alpha value is -2.63. The highest BCUT2D eigenvalue weighted by atomic mass is 35.5. The normalized spacial score (nSPS) is 11.7. The van der Waals surface area contributed by atoms with Crippen molar-refractivity contribution < 1.29 is 12.8 Å². The number of aromatic nitrogens is 1. The number of hydrogen-bond acceptors (Lipinski definition) is 4. The Bertz CT molecular complexity index is 1210. The Kier molecular flexibility index (Phi) is 4.72. The molecule has 136 valence electrons. The average Bonchev–Trinajstić information content (AvgIpc) is 3.09. The standard InChI is InChI=1S/C21H16ClNO3S/c22-18-9-4-7-16(11-18)21-23-19(12-26-21)14-27(24,25)13-17-8-3-6-15-5-1-2-10-20(15)17/h1-12H,13-14H2. The zero-order chi connectivity index (χ0) is 18.9. The van der Waals surface area contributed by atoms with E-state index in [9.17, 15) is 8.42 Å². The van der Waals surface area contributed by atoms with E-state index in [0.717, 1.165) is 16.3 Å². The van der Waals surface area contributed by atoms with E-state index in [4.69, 9.17) is 16.0 Å². The lowest BCUT2D eigenvalue weighted by Gasteiger charge is -2.07. The van der Waals surface area contributed by atoms with Crippen molar-refractivity contribution in [3.63, 3.8) is 0 Å². The molecule has 1 heterocycles. The van der Waals surface area contributed by atoms with E-state index in [1.165, 1.54) is 6.26 Å². The summed E-state index contributed by atoms with van der Waals surface area (Å²) >= 11 is 5.98. The average molecular weight is 398 g/mol.